The van der Waals surface area contributed by atoms with E-state index < -0.39 is 0 Å². The lowest BCUT2D eigenvalue weighted by atomic mass is 10.2. The molecule has 142 valence electrons. The predicted octanol–water partition coefficient (Wildman–Crippen LogP) is 3.46. The van der Waals surface area contributed by atoms with Gasteiger partial charge in [0, 0.05) is 26.3 Å². The number of hydrogen-bond acceptors (Lipinski definition) is 3. The molecule has 1 aliphatic heterocycles. The number of hydrogen-bond donors (Lipinski definition) is 2. The van der Waals surface area contributed by atoms with E-state index in [9.17, 15) is 4.39 Å². The highest BCUT2D eigenvalue weighted by molar-refractivity contribution is 14.0. The van der Waals surface area contributed by atoms with Crippen molar-refractivity contribution < 1.29 is 13.9 Å². The first kappa shape index (κ1) is 22.6. The van der Waals surface area contributed by atoms with E-state index >= 15 is 0 Å². The maximum atomic E-state index is 13.5. The zero-order valence-corrected chi connectivity index (χ0v) is 18.3. The molecule has 2 rings (SSSR count). The van der Waals surface area contributed by atoms with E-state index in [1.54, 1.807) is 6.07 Å². The van der Waals surface area contributed by atoms with Crippen LogP contribution in [0.2, 0.25) is 0 Å². The quantitative estimate of drug-likeness (QED) is 0.234. The van der Waals surface area contributed by atoms with Crippen LogP contribution < -0.4 is 10.6 Å². The lowest BCUT2D eigenvalue weighted by molar-refractivity contribution is 0.0420. The van der Waals surface area contributed by atoms with Crippen molar-refractivity contribution in [3.63, 3.8) is 0 Å². The largest absolute Gasteiger partial charge is 0.379 e. The number of benzene rings is 1. The van der Waals surface area contributed by atoms with E-state index in [0.717, 1.165) is 44.1 Å². The lowest BCUT2D eigenvalue weighted by Crippen LogP contribution is -2.38. The van der Waals surface area contributed by atoms with Crippen molar-refractivity contribution >= 4 is 45.9 Å². The summed E-state index contributed by atoms with van der Waals surface area (Å²) in [5, 5.41) is 6.45. The van der Waals surface area contributed by atoms with Gasteiger partial charge in [0.1, 0.15) is 5.82 Å². The second-order valence-corrected chi connectivity index (χ2v) is 6.43. The molecule has 1 atom stereocenters. The molecule has 25 heavy (non-hydrogen) atoms. The molecular weight excluding hydrogens is 504 g/mol. The molecule has 0 aromatic heterocycles. The lowest BCUT2D eigenvalue weighted by Gasteiger charge is -2.13. The third-order valence-corrected chi connectivity index (χ3v) is 4.25. The maximum Gasteiger partial charge on any atom is 0.191 e. The van der Waals surface area contributed by atoms with Gasteiger partial charge in [-0.15, -0.1) is 24.0 Å². The molecule has 1 aliphatic rings. The highest BCUT2D eigenvalue weighted by atomic mass is 127. The molecule has 0 radical (unpaired) electrons. The molecular formula is C17H26BrFIN3O2. The van der Waals surface area contributed by atoms with Crippen LogP contribution in [0.4, 0.5) is 4.39 Å². The number of halogens is 3. The van der Waals surface area contributed by atoms with Crippen molar-refractivity contribution in [1.82, 2.24) is 10.6 Å². The molecule has 1 aromatic rings. The fourth-order valence-electron chi connectivity index (χ4n) is 2.32. The van der Waals surface area contributed by atoms with Crippen molar-refractivity contribution in [3.05, 3.63) is 34.1 Å². The molecule has 8 heteroatoms. The number of aliphatic imine (C=N–C) groups is 1. The summed E-state index contributed by atoms with van der Waals surface area (Å²) < 4.78 is 25.0. The van der Waals surface area contributed by atoms with Crippen LogP contribution in [-0.2, 0) is 16.0 Å². The summed E-state index contributed by atoms with van der Waals surface area (Å²) in [6.07, 6.45) is 2.13. The highest BCUT2D eigenvalue weighted by Crippen LogP contribution is 2.16. The summed E-state index contributed by atoms with van der Waals surface area (Å²) in [7, 11) is 0. The Hall–Kier alpha value is -0.450. The van der Waals surface area contributed by atoms with E-state index in [1.807, 2.05) is 13.0 Å². The fourth-order valence-corrected chi connectivity index (χ4v) is 2.57. The van der Waals surface area contributed by atoms with Crippen LogP contribution in [0.5, 0.6) is 0 Å². The zero-order chi connectivity index (χ0) is 17.2. The number of guanidine groups is 1. The van der Waals surface area contributed by atoms with E-state index in [2.05, 4.69) is 31.6 Å². The van der Waals surface area contributed by atoms with Crippen molar-refractivity contribution in [2.24, 2.45) is 4.99 Å². The number of ether oxygens (including phenoxy) is 2. The summed E-state index contributed by atoms with van der Waals surface area (Å²) in [4.78, 5) is 4.48. The second-order valence-electron chi connectivity index (χ2n) is 5.58. The molecule has 1 fully saturated rings. The Bertz CT molecular complexity index is 543. The number of nitrogens with zero attached hydrogens (tertiary/aromatic N) is 1. The van der Waals surface area contributed by atoms with Crippen LogP contribution in [0.1, 0.15) is 25.3 Å². The Balaban J connectivity index is 0.00000312. The molecule has 0 spiro atoms. The van der Waals surface area contributed by atoms with Gasteiger partial charge < -0.3 is 20.1 Å². The van der Waals surface area contributed by atoms with Gasteiger partial charge in [-0.05, 0) is 53.4 Å². The van der Waals surface area contributed by atoms with Crippen molar-refractivity contribution in [2.75, 3.05) is 32.9 Å². The SMILES string of the molecule is CCNC(=NCc1ccc(Br)c(F)c1)NCCCOC1CCOC1.I. The topological polar surface area (TPSA) is 54.9 Å². The third kappa shape index (κ3) is 8.65. The monoisotopic (exact) mass is 529 g/mol. The van der Waals surface area contributed by atoms with Gasteiger partial charge >= 0.3 is 0 Å². The van der Waals surface area contributed by atoms with Gasteiger partial charge in [0.2, 0.25) is 0 Å². The number of rotatable bonds is 8. The molecule has 1 heterocycles. The Kier molecular flexibility index (Phi) is 11.6. The minimum atomic E-state index is -0.270. The van der Waals surface area contributed by atoms with Crippen molar-refractivity contribution in [1.29, 1.82) is 0 Å². The Morgan fingerprint density at radius 3 is 2.96 bits per heavy atom. The van der Waals surface area contributed by atoms with Crippen LogP contribution in [0, 0.1) is 5.82 Å². The smallest absolute Gasteiger partial charge is 0.191 e. The zero-order valence-electron chi connectivity index (χ0n) is 14.4. The molecule has 1 aromatic carbocycles. The molecule has 0 bridgehead atoms. The summed E-state index contributed by atoms with van der Waals surface area (Å²) in [5.41, 5.74) is 0.831. The maximum absolute atomic E-state index is 13.5. The van der Waals surface area contributed by atoms with Gasteiger partial charge in [-0.3, -0.25) is 0 Å². The average Bonchev–Trinajstić information content (AvgIpc) is 3.08. The van der Waals surface area contributed by atoms with Gasteiger partial charge in [0.05, 0.1) is 23.7 Å². The van der Waals surface area contributed by atoms with Crippen LogP contribution in [0.3, 0.4) is 0 Å². The first-order valence-electron chi connectivity index (χ1n) is 8.34. The first-order chi connectivity index (χ1) is 11.7. The second kappa shape index (κ2) is 12.8. The highest BCUT2D eigenvalue weighted by Gasteiger charge is 2.15. The van der Waals surface area contributed by atoms with Gasteiger partial charge in [-0.2, -0.15) is 0 Å². The predicted molar refractivity (Wildman–Crippen MR) is 112 cm³/mol. The molecule has 1 saturated heterocycles. The molecule has 0 amide bonds. The van der Waals surface area contributed by atoms with Crippen molar-refractivity contribution in [2.45, 2.75) is 32.4 Å². The molecule has 2 N–H and O–H groups in total. The van der Waals surface area contributed by atoms with Gasteiger partial charge in [-0.25, -0.2) is 9.38 Å². The van der Waals surface area contributed by atoms with Crippen molar-refractivity contribution in [3.8, 4) is 0 Å². The van der Waals surface area contributed by atoms with E-state index in [0.29, 0.717) is 24.2 Å². The Morgan fingerprint density at radius 2 is 2.28 bits per heavy atom. The van der Waals surface area contributed by atoms with Gasteiger partial charge in [-0.1, -0.05) is 6.07 Å². The first-order valence-corrected chi connectivity index (χ1v) is 9.13. The fraction of sp³-hybridized carbons (Fsp3) is 0.588. The molecule has 0 saturated carbocycles. The normalized spacial score (nSPS) is 17.2. The average molecular weight is 530 g/mol. The summed E-state index contributed by atoms with van der Waals surface area (Å²) in [6.45, 7) is 6.20. The minimum Gasteiger partial charge on any atom is -0.379 e. The third-order valence-electron chi connectivity index (χ3n) is 3.60. The van der Waals surface area contributed by atoms with Crippen LogP contribution >= 0.6 is 39.9 Å². The molecule has 0 aliphatic carbocycles. The Morgan fingerprint density at radius 1 is 1.44 bits per heavy atom. The van der Waals surface area contributed by atoms with Crippen LogP contribution in [-0.4, -0.2) is 45.0 Å². The van der Waals surface area contributed by atoms with Crippen LogP contribution in [0.15, 0.2) is 27.7 Å². The summed E-state index contributed by atoms with van der Waals surface area (Å²) >= 11 is 3.15. The van der Waals surface area contributed by atoms with E-state index in [1.165, 1.54) is 6.07 Å². The van der Waals surface area contributed by atoms with Gasteiger partial charge in [0.15, 0.2) is 5.96 Å². The summed E-state index contributed by atoms with van der Waals surface area (Å²) in [5.74, 6) is 0.457. The molecule has 1 unspecified atom stereocenters. The van der Waals surface area contributed by atoms with Crippen LogP contribution in [0.25, 0.3) is 0 Å². The Labute approximate surface area is 174 Å². The molecule has 5 nitrogen and oxygen atoms in total. The standard InChI is InChI=1S/C17H25BrFN3O2.HI/c1-2-20-17(21-7-3-8-24-14-6-9-23-12-14)22-11-13-4-5-15(18)16(19)10-13;/h4-5,10,14H,2-3,6-9,11-12H2,1H3,(H2,20,21,22);1H. The van der Waals surface area contributed by atoms with E-state index in [-0.39, 0.29) is 35.9 Å². The van der Waals surface area contributed by atoms with E-state index in [4.69, 9.17) is 9.47 Å². The number of nitrogens with one attached hydrogen (secondary N) is 2. The van der Waals surface area contributed by atoms with Gasteiger partial charge in [0.25, 0.3) is 0 Å². The summed E-state index contributed by atoms with van der Waals surface area (Å²) in [6, 6.07) is 5.05. The minimum absolute atomic E-state index is 0.